The summed E-state index contributed by atoms with van der Waals surface area (Å²) in [4.78, 5) is 16.7. The summed E-state index contributed by atoms with van der Waals surface area (Å²) >= 11 is 0. The number of rotatable bonds is 3. The van der Waals surface area contributed by atoms with Crippen LogP contribution in [0.1, 0.15) is 27.5 Å². The fourth-order valence-electron chi connectivity index (χ4n) is 2.20. The molecule has 0 aliphatic heterocycles. The minimum atomic E-state index is -0.157. The fraction of sp³-hybridized carbons (Fsp3) is 0.200. The molecule has 0 saturated carbocycles. The van der Waals surface area contributed by atoms with Gasteiger partial charge in [0.05, 0.1) is 18.5 Å². The molecule has 0 aromatic carbocycles. The van der Waals surface area contributed by atoms with Gasteiger partial charge >= 0.3 is 0 Å². The van der Waals surface area contributed by atoms with Crippen LogP contribution in [0.5, 0.6) is 0 Å². The molecule has 102 valence electrons. The van der Waals surface area contributed by atoms with Crippen LogP contribution in [-0.4, -0.2) is 15.3 Å². The van der Waals surface area contributed by atoms with Crippen molar-refractivity contribution in [2.24, 2.45) is 0 Å². The first-order chi connectivity index (χ1) is 9.65. The molecule has 3 heterocycles. The van der Waals surface area contributed by atoms with Gasteiger partial charge in [-0.15, -0.1) is 0 Å². The Bertz CT molecular complexity index is 757. The number of pyridine rings is 1. The van der Waals surface area contributed by atoms with Gasteiger partial charge in [-0.3, -0.25) is 9.20 Å². The minimum Gasteiger partial charge on any atom is -0.467 e. The van der Waals surface area contributed by atoms with Crippen LogP contribution in [0, 0.1) is 13.8 Å². The minimum absolute atomic E-state index is 0.157. The Hall–Kier alpha value is -2.56. The number of hydrogen-bond donors (Lipinski definition) is 1. The van der Waals surface area contributed by atoms with Crippen LogP contribution >= 0.6 is 0 Å². The Morgan fingerprint density at radius 1 is 1.40 bits per heavy atom. The average molecular weight is 269 g/mol. The number of nitrogens with one attached hydrogen (secondary N) is 1. The van der Waals surface area contributed by atoms with Crippen molar-refractivity contribution >= 4 is 11.6 Å². The monoisotopic (exact) mass is 269 g/mol. The van der Waals surface area contributed by atoms with E-state index in [0.29, 0.717) is 17.9 Å². The zero-order chi connectivity index (χ0) is 14.1. The smallest absolute Gasteiger partial charge is 0.270 e. The number of carbonyl (C=O) groups is 1. The van der Waals surface area contributed by atoms with E-state index in [1.807, 2.05) is 38.2 Å². The van der Waals surface area contributed by atoms with E-state index in [1.165, 1.54) is 0 Å². The Balaban J connectivity index is 1.89. The van der Waals surface area contributed by atoms with Gasteiger partial charge in [-0.25, -0.2) is 4.98 Å². The second-order valence-electron chi connectivity index (χ2n) is 4.74. The van der Waals surface area contributed by atoms with Crippen molar-refractivity contribution in [1.29, 1.82) is 0 Å². The van der Waals surface area contributed by atoms with Crippen LogP contribution in [0.2, 0.25) is 0 Å². The van der Waals surface area contributed by atoms with Crippen LogP contribution in [-0.2, 0) is 6.54 Å². The van der Waals surface area contributed by atoms with E-state index in [2.05, 4.69) is 10.3 Å². The summed E-state index contributed by atoms with van der Waals surface area (Å²) in [5.41, 5.74) is 3.18. The highest BCUT2D eigenvalue weighted by molar-refractivity contribution is 5.94. The second kappa shape index (κ2) is 4.85. The summed E-state index contributed by atoms with van der Waals surface area (Å²) in [6.07, 6.45) is 3.45. The third kappa shape index (κ3) is 2.18. The predicted molar refractivity (Wildman–Crippen MR) is 74.5 cm³/mol. The molecular formula is C15H15N3O2. The Labute approximate surface area is 116 Å². The highest BCUT2D eigenvalue weighted by Crippen LogP contribution is 2.13. The molecule has 1 N–H and O–H groups in total. The van der Waals surface area contributed by atoms with Crippen LogP contribution in [0.4, 0.5) is 0 Å². The van der Waals surface area contributed by atoms with E-state index in [4.69, 9.17) is 4.42 Å². The lowest BCUT2D eigenvalue weighted by Gasteiger charge is -2.04. The van der Waals surface area contributed by atoms with E-state index >= 15 is 0 Å². The zero-order valence-corrected chi connectivity index (χ0v) is 11.4. The van der Waals surface area contributed by atoms with Gasteiger partial charge in [-0.2, -0.15) is 0 Å². The van der Waals surface area contributed by atoms with Gasteiger partial charge in [0.15, 0.2) is 0 Å². The molecule has 0 atom stereocenters. The topological polar surface area (TPSA) is 59.5 Å². The SMILES string of the molecule is Cc1ccn2c(C(=O)NCc3ccco3)c(C)nc2c1. The summed E-state index contributed by atoms with van der Waals surface area (Å²) in [6.45, 7) is 4.20. The Morgan fingerprint density at radius 2 is 2.25 bits per heavy atom. The molecule has 20 heavy (non-hydrogen) atoms. The standard InChI is InChI=1S/C15H15N3O2/c1-10-5-6-18-13(8-10)17-11(2)14(18)15(19)16-9-12-4-3-7-20-12/h3-8H,9H2,1-2H3,(H,16,19). The molecule has 0 fully saturated rings. The molecule has 0 saturated heterocycles. The maximum atomic E-state index is 12.3. The number of carbonyl (C=O) groups excluding carboxylic acids is 1. The van der Waals surface area contributed by atoms with Gasteiger partial charge in [0.25, 0.3) is 5.91 Å². The number of amides is 1. The summed E-state index contributed by atoms with van der Waals surface area (Å²) in [5, 5.41) is 2.84. The van der Waals surface area contributed by atoms with Crippen LogP contribution in [0.25, 0.3) is 5.65 Å². The van der Waals surface area contributed by atoms with Gasteiger partial charge < -0.3 is 9.73 Å². The van der Waals surface area contributed by atoms with Crippen LogP contribution in [0.3, 0.4) is 0 Å². The first-order valence-electron chi connectivity index (χ1n) is 6.41. The molecule has 3 rings (SSSR count). The number of imidazole rings is 1. The molecular weight excluding hydrogens is 254 g/mol. The van der Waals surface area contributed by atoms with Gasteiger partial charge in [0.1, 0.15) is 17.1 Å². The lowest BCUT2D eigenvalue weighted by atomic mass is 10.3. The van der Waals surface area contributed by atoms with Crippen molar-refractivity contribution in [3.63, 3.8) is 0 Å². The number of aromatic nitrogens is 2. The number of fused-ring (bicyclic) bond motifs is 1. The van der Waals surface area contributed by atoms with E-state index < -0.39 is 0 Å². The van der Waals surface area contributed by atoms with E-state index in [1.54, 1.807) is 16.7 Å². The molecule has 3 aromatic heterocycles. The van der Waals surface area contributed by atoms with E-state index in [-0.39, 0.29) is 5.91 Å². The van der Waals surface area contributed by atoms with Crippen molar-refractivity contribution in [2.75, 3.05) is 0 Å². The van der Waals surface area contributed by atoms with Gasteiger partial charge in [0, 0.05) is 6.20 Å². The Kier molecular flexibility index (Phi) is 3.02. The molecule has 0 unspecified atom stereocenters. The summed E-state index contributed by atoms with van der Waals surface area (Å²) in [7, 11) is 0. The molecule has 0 spiro atoms. The van der Waals surface area contributed by atoms with Crippen molar-refractivity contribution in [3.8, 4) is 0 Å². The molecule has 3 aromatic rings. The molecule has 0 bridgehead atoms. The second-order valence-corrected chi connectivity index (χ2v) is 4.74. The van der Waals surface area contributed by atoms with Gasteiger partial charge in [-0.05, 0) is 43.7 Å². The summed E-state index contributed by atoms with van der Waals surface area (Å²) in [6, 6.07) is 7.53. The molecule has 1 amide bonds. The molecule has 0 aliphatic carbocycles. The average Bonchev–Trinajstić information content (AvgIpc) is 3.02. The summed E-state index contributed by atoms with van der Waals surface area (Å²) in [5.74, 6) is 0.566. The van der Waals surface area contributed by atoms with Crippen molar-refractivity contribution in [1.82, 2.24) is 14.7 Å². The predicted octanol–water partition coefficient (Wildman–Crippen LogP) is 2.47. The molecule has 0 aliphatic rings. The first kappa shape index (κ1) is 12.5. The molecule has 0 radical (unpaired) electrons. The van der Waals surface area contributed by atoms with Crippen molar-refractivity contribution in [2.45, 2.75) is 20.4 Å². The van der Waals surface area contributed by atoms with Gasteiger partial charge in [0.2, 0.25) is 0 Å². The third-order valence-electron chi connectivity index (χ3n) is 3.17. The quantitative estimate of drug-likeness (QED) is 0.794. The summed E-state index contributed by atoms with van der Waals surface area (Å²) < 4.78 is 7.00. The normalized spacial score (nSPS) is 10.9. The fourth-order valence-corrected chi connectivity index (χ4v) is 2.20. The highest BCUT2D eigenvalue weighted by Gasteiger charge is 2.16. The largest absolute Gasteiger partial charge is 0.467 e. The zero-order valence-electron chi connectivity index (χ0n) is 11.4. The van der Waals surface area contributed by atoms with Crippen LogP contribution < -0.4 is 5.32 Å². The van der Waals surface area contributed by atoms with Gasteiger partial charge in [-0.1, -0.05) is 0 Å². The molecule has 5 nitrogen and oxygen atoms in total. The molecule has 5 heteroatoms. The van der Waals surface area contributed by atoms with E-state index in [0.717, 1.165) is 17.0 Å². The van der Waals surface area contributed by atoms with Crippen molar-refractivity contribution in [3.05, 3.63) is 59.4 Å². The van der Waals surface area contributed by atoms with Crippen LogP contribution in [0.15, 0.2) is 41.1 Å². The van der Waals surface area contributed by atoms with Crippen molar-refractivity contribution < 1.29 is 9.21 Å². The first-order valence-corrected chi connectivity index (χ1v) is 6.41. The lowest BCUT2D eigenvalue weighted by Crippen LogP contribution is -2.24. The number of furan rings is 1. The number of aryl methyl sites for hydroxylation is 2. The maximum Gasteiger partial charge on any atom is 0.270 e. The number of nitrogens with zero attached hydrogens (tertiary/aromatic N) is 2. The van der Waals surface area contributed by atoms with E-state index in [9.17, 15) is 4.79 Å². The lowest BCUT2D eigenvalue weighted by molar-refractivity contribution is 0.0941. The number of hydrogen-bond acceptors (Lipinski definition) is 3. The highest BCUT2D eigenvalue weighted by atomic mass is 16.3. The maximum absolute atomic E-state index is 12.3. The third-order valence-corrected chi connectivity index (χ3v) is 3.17. The Morgan fingerprint density at radius 3 is 3.00 bits per heavy atom.